The van der Waals surface area contributed by atoms with Crippen molar-refractivity contribution in [3.8, 4) is 0 Å². The zero-order chi connectivity index (χ0) is 18.5. The molecule has 1 unspecified atom stereocenters. The van der Waals surface area contributed by atoms with Crippen molar-refractivity contribution < 1.29 is 14.3 Å². The van der Waals surface area contributed by atoms with Crippen molar-refractivity contribution >= 4 is 29.3 Å². The molecule has 2 aromatic rings. The van der Waals surface area contributed by atoms with E-state index in [2.05, 4.69) is 10.4 Å². The zero-order valence-electron chi connectivity index (χ0n) is 14.2. The van der Waals surface area contributed by atoms with Crippen LogP contribution in [-0.4, -0.2) is 35.5 Å². The number of hydrogen-bond acceptors (Lipinski definition) is 4. The summed E-state index contributed by atoms with van der Waals surface area (Å²) in [6.45, 7) is 1.75. The number of carbonyl (C=O) groups excluding carboxylic acids is 2. The van der Waals surface area contributed by atoms with Crippen LogP contribution in [-0.2, 0) is 20.7 Å². The molecule has 3 rings (SSSR count). The summed E-state index contributed by atoms with van der Waals surface area (Å²) in [4.78, 5) is 24.3. The minimum atomic E-state index is -1.10. The third kappa shape index (κ3) is 4.21. The van der Waals surface area contributed by atoms with Gasteiger partial charge in [-0.05, 0) is 36.2 Å². The number of nitrogens with zero attached hydrogens (tertiary/aromatic N) is 2. The number of hydrogen-bond donors (Lipinski definition) is 1. The second kappa shape index (κ2) is 8.01. The van der Waals surface area contributed by atoms with E-state index in [9.17, 15) is 9.59 Å². The predicted molar refractivity (Wildman–Crippen MR) is 98.5 cm³/mol. The highest BCUT2D eigenvalue weighted by molar-refractivity contribution is 6.30. The van der Waals surface area contributed by atoms with Crippen molar-refractivity contribution in [3.05, 3.63) is 70.7 Å². The molecule has 0 saturated heterocycles. The van der Waals surface area contributed by atoms with Gasteiger partial charge in [-0.15, -0.1) is 5.10 Å². The lowest BCUT2D eigenvalue weighted by Gasteiger charge is -2.18. The van der Waals surface area contributed by atoms with E-state index in [0.717, 1.165) is 10.6 Å². The Morgan fingerprint density at radius 2 is 1.85 bits per heavy atom. The fourth-order valence-corrected chi connectivity index (χ4v) is 2.63. The Balaban J connectivity index is 1.61. The van der Waals surface area contributed by atoms with Gasteiger partial charge in [0.25, 0.3) is 12.1 Å². The Kier molecular flexibility index (Phi) is 5.53. The summed E-state index contributed by atoms with van der Waals surface area (Å²) >= 11 is 5.86. The van der Waals surface area contributed by atoms with Crippen molar-refractivity contribution in [3.63, 3.8) is 0 Å². The standard InChI is InChI=1S/C19H18ClN3O3/c1-13(24)23-19(26-18(22-23)15-5-3-2-4-6-15)17(25)21-12-11-14-7-9-16(20)10-8-14/h2-10,19H,11-12H2,1H3,(H,21,25). The van der Waals surface area contributed by atoms with Crippen LogP contribution in [0.2, 0.25) is 5.02 Å². The van der Waals surface area contributed by atoms with E-state index in [1.54, 1.807) is 24.3 Å². The lowest BCUT2D eigenvalue weighted by Crippen LogP contribution is -2.45. The monoisotopic (exact) mass is 371 g/mol. The summed E-state index contributed by atoms with van der Waals surface area (Å²) in [6.07, 6.45) is -0.463. The first-order valence-corrected chi connectivity index (χ1v) is 8.55. The van der Waals surface area contributed by atoms with E-state index >= 15 is 0 Å². The number of ether oxygens (including phenoxy) is 1. The summed E-state index contributed by atoms with van der Waals surface area (Å²) in [5.41, 5.74) is 1.75. The minimum absolute atomic E-state index is 0.249. The third-order valence-corrected chi connectivity index (χ3v) is 4.09. The first-order chi connectivity index (χ1) is 12.5. The van der Waals surface area contributed by atoms with Gasteiger partial charge in [0.05, 0.1) is 0 Å². The SMILES string of the molecule is CC(=O)N1N=C(c2ccccc2)OC1C(=O)NCCc1ccc(Cl)cc1. The van der Waals surface area contributed by atoms with Crippen molar-refractivity contribution in [2.24, 2.45) is 5.10 Å². The molecule has 0 saturated carbocycles. The molecule has 1 aliphatic heterocycles. The van der Waals surface area contributed by atoms with Crippen LogP contribution in [0.25, 0.3) is 0 Å². The Hall–Kier alpha value is -2.86. The van der Waals surface area contributed by atoms with Gasteiger partial charge in [0.15, 0.2) is 0 Å². The van der Waals surface area contributed by atoms with Crippen LogP contribution in [0.3, 0.4) is 0 Å². The Morgan fingerprint density at radius 1 is 1.15 bits per heavy atom. The highest BCUT2D eigenvalue weighted by atomic mass is 35.5. The van der Waals surface area contributed by atoms with Crippen LogP contribution >= 0.6 is 11.6 Å². The smallest absolute Gasteiger partial charge is 0.284 e. The van der Waals surface area contributed by atoms with Gasteiger partial charge in [0.2, 0.25) is 11.8 Å². The Bertz CT molecular complexity index is 822. The quantitative estimate of drug-likeness (QED) is 0.878. The molecule has 1 N–H and O–H groups in total. The van der Waals surface area contributed by atoms with Gasteiger partial charge in [0.1, 0.15) is 0 Å². The van der Waals surface area contributed by atoms with Crippen LogP contribution in [0.4, 0.5) is 0 Å². The maximum atomic E-state index is 12.5. The molecule has 2 amide bonds. The van der Waals surface area contributed by atoms with Crippen molar-refractivity contribution in [1.82, 2.24) is 10.3 Å². The molecule has 0 radical (unpaired) electrons. The molecule has 26 heavy (non-hydrogen) atoms. The molecule has 0 aromatic heterocycles. The van der Waals surface area contributed by atoms with Crippen LogP contribution < -0.4 is 5.32 Å². The van der Waals surface area contributed by atoms with Crippen LogP contribution in [0.15, 0.2) is 59.7 Å². The lowest BCUT2D eigenvalue weighted by atomic mass is 10.1. The van der Waals surface area contributed by atoms with Crippen molar-refractivity contribution in [2.75, 3.05) is 6.54 Å². The summed E-state index contributed by atoms with van der Waals surface area (Å²) < 4.78 is 5.63. The molecule has 1 aliphatic rings. The topological polar surface area (TPSA) is 71.0 Å². The zero-order valence-corrected chi connectivity index (χ0v) is 14.9. The molecule has 0 aliphatic carbocycles. The maximum absolute atomic E-state index is 12.5. The number of nitrogens with one attached hydrogen (secondary N) is 1. The minimum Gasteiger partial charge on any atom is -0.440 e. The molecule has 0 fully saturated rings. The van der Waals surface area contributed by atoms with Gasteiger partial charge < -0.3 is 10.1 Å². The number of rotatable bonds is 5. The second-order valence-corrected chi connectivity index (χ2v) is 6.21. The molecule has 1 atom stereocenters. The van der Waals surface area contributed by atoms with E-state index in [-0.39, 0.29) is 11.8 Å². The van der Waals surface area contributed by atoms with E-state index in [4.69, 9.17) is 16.3 Å². The average molecular weight is 372 g/mol. The number of halogens is 1. The lowest BCUT2D eigenvalue weighted by molar-refractivity contribution is -0.146. The van der Waals surface area contributed by atoms with E-state index in [1.807, 2.05) is 30.3 Å². The summed E-state index contributed by atoms with van der Waals surface area (Å²) in [5, 5.41) is 8.64. The normalized spacial score (nSPS) is 16.0. The number of hydrazone groups is 1. The van der Waals surface area contributed by atoms with Gasteiger partial charge >= 0.3 is 0 Å². The van der Waals surface area contributed by atoms with Crippen molar-refractivity contribution in [1.29, 1.82) is 0 Å². The van der Waals surface area contributed by atoms with Gasteiger partial charge in [0, 0.05) is 24.1 Å². The summed E-state index contributed by atoms with van der Waals surface area (Å²) in [5.74, 6) is -0.531. The first kappa shape index (κ1) is 17.9. The summed E-state index contributed by atoms with van der Waals surface area (Å²) in [7, 11) is 0. The molecule has 1 heterocycles. The van der Waals surface area contributed by atoms with Gasteiger partial charge in [-0.2, -0.15) is 5.01 Å². The average Bonchev–Trinajstić information content (AvgIpc) is 3.10. The fraction of sp³-hybridized carbons (Fsp3) is 0.211. The maximum Gasteiger partial charge on any atom is 0.284 e. The number of benzene rings is 2. The Morgan fingerprint density at radius 3 is 2.50 bits per heavy atom. The highest BCUT2D eigenvalue weighted by Crippen LogP contribution is 2.18. The molecule has 6 nitrogen and oxygen atoms in total. The van der Waals surface area contributed by atoms with E-state index in [0.29, 0.717) is 23.6 Å². The third-order valence-electron chi connectivity index (χ3n) is 3.84. The fourth-order valence-electron chi connectivity index (χ4n) is 2.50. The van der Waals surface area contributed by atoms with E-state index < -0.39 is 12.1 Å². The highest BCUT2D eigenvalue weighted by Gasteiger charge is 2.37. The molecule has 0 spiro atoms. The molecule has 134 valence electrons. The van der Waals surface area contributed by atoms with Gasteiger partial charge in [-0.1, -0.05) is 41.9 Å². The molecule has 7 heteroatoms. The van der Waals surface area contributed by atoms with Gasteiger partial charge in [-0.3, -0.25) is 9.59 Å². The van der Waals surface area contributed by atoms with Crippen molar-refractivity contribution in [2.45, 2.75) is 19.6 Å². The van der Waals surface area contributed by atoms with Crippen LogP contribution in [0, 0.1) is 0 Å². The number of carbonyl (C=O) groups is 2. The predicted octanol–water partition coefficient (Wildman–Crippen LogP) is 2.57. The molecule has 0 bridgehead atoms. The van der Waals surface area contributed by atoms with Crippen LogP contribution in [0.5, 0.6) is 0 Å². The summed E-state index contributed by atoms with van der Waals surface area (Å²) in [6, 6.07) is 16.5. The molecular weight excluding hydrogens is 354 g/mol. The second-order valence-electron chi connectivity index (χ2n) is 5.77. The largest absolute Gasteiger partial charge is 0.440 e. The Labute approximate surface area is 156 Å². The van der Waals surface area contributed by atoms with Gasteiger partial charge in [-0.25, -0.2) is 0 Å². The first-order valence-electron chi connectivity index (χ1n) is 8.17. The van der Waals surface area contributed by atoms with E-state index in [1.165, 1.54) is 6.92 Å². The molecule has 2 aromatic carbocycles. The van der Waals surface area contributed by atoms with Crippen LogP contribution in [0.1, 0.15) is 18.1 Å². The molecular formula is C19H18ClN3O3. The number of amides is 2.